The van der Waals surface area contributed by atoms with Gasteiger partial charge < -0.3 is 9.80 Å². The molecular formula is C13H23BN2. The van der Waals surface area contributed by atoms with E-state index in [-0.39, 0.29) is 5.31 Å². The molecule has 0 bridgehead atoms. The monoisotopic (exact) mass is 218 g/mol. The lowest BCUT2D eigenvalue weighted by Crippen LogP contribution is -2.39. The average molecular weight is 218 g/mol. The maximum Gasteiger partial charge on any atom is 0.0966 e. The lowest BCUT2D eigenvalue weighted by Gasteiger charge is -2.36. The van der Waals surface area contributed by atoms with Gasteiger partial charge in [-0.2, -0.15) is 0 Å². The molecular weight excluding hydrogens is 195 g/mol. The molecule has 0 amide bonds. The van der Waals surface area contributed by atoms with E-state index in [2.05, 4.69) is 37.4 Å². The van der Waals surface area contributed by atoms with Gasteiger partial charge in [0.25, 0.3) is 0 Å². The van der Waals surface area contributed by atoms with Gasteiger partial charge in [0.2, 0.25) is 0 Å². The molecule has 0 spiro atoms. The highest BCUT2D eigenvalue weighted by molar-refractivity contribution is 6.14. The second-order valence-electron chi connectivity index (χ2n) is 5.88. The summed E-state index contributed by atoms with van der Waals surface area (Å²) in [5.74, 6) is 1.15. The minimum Gasteiger partial charge on any atom is -0.357 e. The molecule has 0 N–H and O–H groups in total. The van der Waals surface area contributed by atoms with Crippen molar-refractivity contribution >= 4 is 7.85 Å². The van der Waals surface area contributed by atoms with Crippen molar-refractivity contribution in [1.82, 2.24) is 9.80 Å². The van der Waals surface area contributed by atoms with Crippen LogP contribution in [0.5, 0.6) is 0 Å². The third-order valence-electron chi connectivity index (χ3n) is 4.43. The third kappa shape index (κ3) is 1.96. The van der Waals surface area contributed by atoms with Crippen molar-refractivity contribution in [3.8, 4) is 0 Å². The zero-order valence-electron chi connectivity index (χ0n) is 10.9. The molecule has 88 valence electrons. The Morgan fingerprint density at radius 1 is 1.25 bits per heavy atom. The van der Waals surface area contributed by atoms with Crippen molar-refractivity contribution in [2.45, 2.75) is 56.4 Å². The second-order valence-corrected chi connectivity index (χ2v) is 5.88. The van der Waals surface area contributed by atoms with E-state index in [1.165, 1.54) is 19.3 Å². The molecule has 0 aromatic carbocycles. The molecule has 2 fully saturated rings. The van der Waals surface area contributed by atoms with Crippen molar-refractivity contribution in [3.05, 3.63) is 12.4 Å². The number of rotatable bonds is 0. The Balaban J connectivity index is 2.21. The van der Waals surface area contributed by atoms with Crippen LogP contribution in [0.2, 0.25) is 5.31 Å². The lowest BCUT2D eigenvalue weighted by atomic mass is 9.62. The standard InChI is InChI=1S/C13H23BN2/c1-10-15(3)11-7-5-6-8-13(2,14)9-12(11)16(10)4/h11-12H,1,5-9H2,2-4H3. The first kappa shape index (κ1) is 11.9. The molecule has 1 aliphatic heterocycles. The van der Waals surface area contributed by atoms with E-state index >= 15 is 0 Å². The SMILES string of the molecule is [B]C1(C)CCCCC2C(C1)N(C)C(=C)N2C. The van der Waals surface area contributed by atoms with Crippen molar-refractivity contribution < 1.29 is 0 Å². The summed E-state index contributed by atoms with van der Waals surface area (Å²) in [6.07, 6.45) is 6.07. The first-order valence-corrected chi connectivity index (χ1v) is 6.36. The van der Waals surface area contributed by atoms with E-state index in [1.807, 2.05) is 0 Å². The Kier molecular flexibility index (Phi) is 2.98. The van der Waals surface area contributed by atoms with Gasteiger partial charge in [0.15, 0.2) is 0 Å². The van der Waals surface area contributed by atoms with Crippen molar-refractivity contribution in [2.24, 2.45) is 0 Å². The fourth-order valence-electron chi connectivity index (χ4n) is 3.27. The molecule has 3 atom stereocenters. The van der Waals surface area contributed by atoms with E-state index in [0.717, 1.165) is 18.7 Å². The summed E-state index contributed by atoms with van der Waals surface area (Å²) in [6, 6.07) is 1.16. The highest BCUT2D eigenvalue weighted by atomic mass is 15.4. The quantitative estimate of drug-likeness (QED) is 0.576. The molecule has 1 heterocycles. The molecule has 16 heavy (non-hydrogen) atoms. The van der Waals surface area contributed by atoms with E-state index in [4.69, 9.17) is 7.85 Å². The van der Waals surface area contributed by atoms with Gasteiger partial charge >= 0.3 is 0 Å². The van der Waals surface area contributed by atoms with Crippen LogP contribution in [0.4, 0.5) is 0 Å². The number of hydrogen-bond donors (Lipinski definition) is 0. The van der Waals surface area contributed by atoms with Gasteiger partial charge in [-0.1, -0.05) is 38.1 Å². The highest BCUT2D eigenvalue weighted by Crippen LogP contribution is 2.43. The summed E-state index contributed by atoms with van der Waals surface area (Å²) >= 11 is 0. The van der Waals surface area contributed by atoms with Gasteiger partial charge in [-0.3, -0.25) is 0 Å². The normalized spacial score (nSPS) is 40.6. The van der Waals surface area contributed by atoms with E-state index in [1.54, 1.807) is 0 Å². The number of fused-ring (bicyclic) bond motifs is 1. The second kappa shape index (κ2) is 4.01. The van der Waals surface area contributed by atoms with Gasteiger partial charge in [-0.15, -0.1) is 0 Å². The van der Waals surface area contributed by atoms with Crippen LogP contribution in [0.3, 0.4) is 0 Å². The fourth-order valence-corrected chi connectivity index (χ4v) is 3.27. The minimum absolute atomic E-state index is 0.0109. The molecule has 1 aliphatic carbocycles. The first-order chi connectivity index (χ1) is 7.42. The third-order valence-corrected chi connectivity index (χ3v) is 4.43. The Hall–Kier alpha value is -0.595. The summed E-state index contributed by atoms with van der Waals surface area (Å²) in [6.45, 7) is 6.36. The average Bonchev–Trinajstić information content (AvgIpc) is 2.37. The predicted molar refractivity (Wildman–Crippen MR) is 69.4 cm³/mol. The number of likely N-dealkylation sites (N-methyl/N-ethyl adjacent to an activating group) is 2. The van der Waals surface area contributed by atoms with Crippen LogP contribution in [0.25, 0.3) is 0 Å². The highest BCUT2D eigenvalue weighted by Gasteiger charge is 2.41. The topological polar surface area (TPSA) is 6.48 Å². The molecule has 3 heteroatoms. The molecule has 2 rings (SSSR count). The molecule has 2 aliphatic rings. The zero-order chi connectivity index (χ0) is 11.9. The Labute approximate surface area is 101 Å². The van der Waals surface area contributed by atoms with Gasteiger partial charge in [0.05, 0.1) is 25.8 Å². The number of nitrogens with zero attached hydrogens (tertiary/aromatic N) is 2. The van der Waals surface area contributed by atoms with Crippen LogP contribution in [0.15, 0.2) is 12.4 Å². The van der Waals surface area contributed by atoms with Crippen molar-refractivity contribution in [1.29, 1.82) is 0 Å². The van der Waals surface area contributed by atoms with Crippen LogP contribution < -0.4 is 0 Å². The lowest BCUT2D eigenvalue weighted by molar-refractivity contribution is 0.228. The van der Waals surface area contributed by atoms with Gasteiger partial charge in [-0.25, -0.2) is 0 Å². The van der Waals surface area contributed by atoms with Gasteiger partial charge in [-0.05, 0) is 12.8 Å². The summed E-state index contributed by atoms with van der Waals surface area (Å²) in [4.78, 5) is 4.66. The van der Waals surface area contributed by atoms with Crippen molar-refractivity contribution in [2.75, 3.05) is 14.1 Å². The number of hydrogen-bond acceptors (Lipinski definition) is 2. The molecule has 0 aromatic heterocycles. The summed E-state index contributed by atoms with van der Waals surface area (Å²) in [5.41, 5.74) is 0. The van der Waals surface area contributed by atoms with Crippen LogP contribution in [-0.4, -0.2) is 43.8 Å². The van der Waals surface area contributed by atoms with E-state index < -0.39 is 0 Å². The Morgan fingerprint density at radius 2 is 1.88 bits per heavy atom. The molecule has 3 unspecified atom stereocenters. The minimum atomic E-state index is -0.0109. The Morgan fingerprint density at radius 3 is 2.56 bits per heavy atom. The smallest absolute Gasteiger partial charge is 0.0966 e. The maximum atomic E-state index is 6.38. The molecule has 2 radical (unpaired) electrons. The summed E-state index contributed by atoms with van der Waals surface area (Å²) in [7, 11) is 10.7. The van der Waals surface area contributed by atoms with Crippen LogP contribution in [0, 0.1) is 0 Å². The fraction of sp³-hybridized carbons (Fsp3) is 0.846. The predicted octanol–water partition coefficient (Wildman–Crippen LogP) is 2.38. The van der Waals surface area contributed by atoms with E-state index in [0.29, 0.717) is 12.1 Å². The summed E-state index contributed by atoms with van der Waals surface area (Å²) in [5, 5.41) is -0.0109. The Bertz CT molecular complexity index is 288. The van der Waals surface area contributed by atoms with Crippen LogP contribution in [-0.2, 0) is 0 Å². The van der Waals surface area contributed by atoms with E-state index in [9.17, 15) is 0 Å². The molecule has 1 saturated carbocycles. The first-order valence-electron chi connectivity index (χ1n) is 6.36. The van der Waals surface area contributed by atoms with Gasteiger partial charge in [0.1, 0.15) is 0 Å². The molecule has 0 aromatic rings. The maximum absolute atomic E-state index is 6.38. The summed E-state index contributed by atoms with van der Waals surface area (Å²) < 4.78 is 0. The largest absolute Gasteiger partial charge is 0.357 e. The molecule has 1 saturated heterocycles. The zero-order valence-corrected chi connectivity index (χ0v) is 10.9. The van der Waals surface area contributed by atoms with Crippen molar-refractivity contribution in [3.63, 3.8) is 0 Å². The van der Waals surface area contributed by atoms with Gasteiger partial charge in [0, 0.05) is 14.1 Å². The molecule has 2 nitrogen and oxygen atoms in total. The van der Waals surface area contributed by atoms with Crippen LogP contribution >= 0.6 is 0 Å². The van der Waals surface area contributed by atoms with Crippen LogP contribution in [0.1, 0.15) is 39.0 Å².